The van der Waals surface area contributed by atoms with Gasteiger partial charge in [0.15, 0.2) is 0 Å². The van der Waals surface area contributed by atoms with E-state index in [2.05, 4.69) is 5.32 Å². The quantitative estimate of drug-likeness (QED) is 0.895. The molecular weight excluding hydrogens is 266 g/mol. The Kier molecular flexibility index (Phi) is 4.66. The van der Waals surface area contributed by atoms with Crippen LogP contribution in [0.15, 0.2) is 24.3 Å². The third kappa shape index (κ3) is 3.63. The Morgan fingerprint density at radius 2 is 1.76 bits per heavy atom. The molecule has 4 heteroatoms. The summed E-state index contributed by atoms with van der Waals surface area (Å²) >= 11 is 0. The molecule has 2 N–H and O–H groups in total. The lowest BCUT2D eigenvalue weighted by Gasteiger charge is -2.20. The zero-order valence-corrected chi connectivity index (χ0v) is 12.8. The van der Waals surface area contributed by atoms with E-state index >= 15 is 0 Å². The highest BCUT2D eigenvalue weighted by atomic mass is 16.4. The van der Waals surface area contributed by atoms with Crippen molar-refractivity contribution in [3.05, 3.63) is 35.4 Å². The topological polar surface area (TPSA) is 66.4 Å². The van der Waals surface area contributed by atoms with E-state index in [9.17, 15) is 14.7 Å². The van der Waals surface area contributed by atoms with E-state index < -0.39 is 17.8 Å². The lowest BCUT2D eigenvalue weighted by molar-refractivity contribution is -0.146. The van der Waals surface area contributed by atoms with Gasteiger partial charge in [0.2, 0.25) is 5.91 Å². The van der Waals surface area contributed by atoms with Crippen molar-refractivity contribution in [2.24, 2.45) is 17.8 Å². The predicted octanol–water partition coefficient (Wildman–Crippen LogP) is 2.92. The maximum absolute atomic E-state index is 12.4. The number of carboxylic acid groups (broad SMARTS) is 1. The van der Waals surface area contributed by atoms with Crippen molar-refractivity contribution in [2.75, 3.05) is 0 Å². The van der Waals surface area contributed by atoms with Crippen molar-refractivity contribution in [1.29, 1.82) is 0 Å². The molecule has 0 spiro atoms. The summed E-state index contributed by atoms with van der Waals surface area (Å²) in [6, 6.07) is 7.90. The van der Waals surface area contributed by atoms with E-state index in [1.54, 1.807) is 0 Å². The van der Waals surface area contributed by atoms with Gasteiger partial charge in [-0.25, -0.2) is 0 Å². The fourth-order valence-electron chi connectivity index (χ4n) is 3.11. The van der Waals surface area contributed by atoms with Crippen LogP contribution in [0.5, 0.6) is 0 Å². The first-order chi connectivity index (χ1) is 9.88. The molecule has 0 aliphatic heterocycles. The number of nitrogens with one attached hydrogen (secondary N) is 1. The molecular formula is C17H23NO3. The van der Waals surface area contributed by atoms with Crippen molar-refractivity contribution in [3.63, 3.8) is 0 Å². The summed E-state index contributed by atoms with van der Waals surface area (Å²) in [7, 11) is 0. The van der Waals surface area contributed by atoms with Gasteiger partial charge in [-0.15, -0.1) is 0 Å². The first kappa shape index (κ1) is 15.5. The van der Waals surface area contributed by atoms with Gasteiger partial charge in [0.1, 0.15) is 0 Å². The van der Waals surface area contributed by atoms with Crippen molar-refractivity contribution in [2.45, 2.75) is 39.7 Å². The Labute approximate surface area is 125 Å². The minimum Gasteiger partial charge on any atom is -0.481 e. The summed E-state index contributed by atoms with van der Waals surface area (Å²) in [5.41, 5.74) is 2.21. The van der Waals surface area contributed by atoms with E-state index in [-0.39, 0.29) is 17.9 Å². The van der Waals surface area contributed by atoms with Gasteiger partial charge >= 0.3 is 5.97 Å². The van der Waals surface area contributed by atoms with E-state index in [1.807, 2.05) is 45.0 Å². The summed E-state index contributed by atoms with van der Waals surface area (Å²) < 4.78 is 0. The largest absolute Gasteiger partial charge is 0.481 e. The Balaban J connectivity index is 2.03. The van der Waals surface area contributed by atoms with Crippen LogP contribution in [0.4, 0.5) is 0 Å². The molecule has 0 radical (unpaired) electrons. The third-order valence-corrected chi connectivity index (χ3v) is 4.39. The second kappa shape index (κ2) is 6.29. The van der Waals surface area contributed by atoms with E-state index in [0.29, 0.717) is 12.8 Å². The summed E-state index contributed by atoms with van der Waals surface area (Å²) in [6.45, 7) is 5.95. The van der Waals surface area contributed by atoms with Gasteiger partial charge < -0.3 is 10.4 Å². The lowest BCUT2D eigenvalue weighted by Crippen LogP contribution is -2.36. The van der Waals surface area contributed by atoms with Gasteiger partial charge in [0, 0.05) is 0 Å². The number of carbonyl (C=O) groups is 2. The number of amides is 1. The first-order valence-electron chi connectivity index (χ1n) is 7.48. The predicted molar refractivity (Wildman–Crippen MR) is 80.8 cm³/mol. The van der Waals surface area contributed by atoms with Crippen molar-refractivity contribution in [1.82, 2.24) is 5.32 Å². The van der Waals surface area contributed by atoms with Crippen LogP contribution >= 0.6 is 0 Å². The number of aryl methyl sites for hydroxylation is 1. The van der Waals surface area contributed by atoms with Gasteiger partial charge in [-0.3, -0.25) is 9.59 Å². The molecule has 1 amide bonds. The second-order valence-electron chi connectivity index (χ2n) is 6.27. The van der Waals surface area contributed by atoms with Crippen molar-refractivity contribution >= 4 is 11.9 Å². The van der Waals surface area contributed by atoms with E-state index in [0.717, 1.165) is 5.56 Å². The summed E-state index contributed by atoms with van der Waals surface area (Å²) in [6.07, 6.45) is 1.25. The maximum atomic E-state index is 12.4. The minimum atomic E-state index is -0.859. The molecule has 1 aliphatic rings. The van der Waals surface area contributed by atoms with Crippen LogP contribution in [0, 0.1) is 24.7 Å². The number of carbonyl (C=O) groups excluding carboxylic acids is 1. The highest BCUT2D eigenvalue weighted by molar-refractivity contribution is 5.85. The normalized spacial score (nSPS) is 26.3. The molecule has 4 nitrogen and oxygen atoms in total. The standard InChI is InChI=1S/C17H23NO3/c1-10-4-6-13(7-5-10)12(3)18-16(19)14-8-11(2)9-15(14)17(20)21/h4-7,11-12,14-15H,8-9H2,1-3H3,(H,18,19)(H,20,21). The second-order valence-corrected chi connectivity index (χ2v) is 6.27. The van der Waals surface area contributed by atoms with Crippen LogP contribution in [-0.4, -0.2) is 17.0 Å². The van der Waals surface area contributed by atoms with E-state index in [4.69, 9.17) is 0 Å². The van der Waals surface area contributed by atoms with Gasteiger partial charge in [0.25, 0.3) is 0 Å². The average Bonchev–Trinajstić information content (AvgIpc) is 2.82. The Morgan fingerprint density at radius 1 is 1.19 bits per heavy atom. The molecule has 4 atom stereocenters. The highest BCUT2D eigenvalue weighted by Gasteiger charge is 2.41. The van der Waals surface area contributed by atoms with Crippen molar-refractivity contribution < 1.29 is 14.7 Å². The maximum Gasteiger partial charge on any atom is 0.307 e. The molecule has 2 rings (SSSR count). The Hall–Kier alpha value is -1.84. The Bertz CT molecular complexity index is 523. The molecule has 21 heavy (non-hydrogen) atoms. The fraction of sp³-hybridized carbons (Fsp3) is 0.529. The molecule has 0 heterocycles. The summed E-state index contributed by atoms with van der Waals surface area (Å²) in [4.78, 5) is 23.7. The fourth-order valence-corrected chi connectivity index (χ4v) is 3.11. The summed E-state index contributed by atoms with van der Waals surface area (Å²) in [5.74, 6) is -1.67. The minimum absolute atomic E-state index is 0.108. The van der Waals surface area contributed by atoms with Crippen LogP contribution in [0.1, 0.15) is 43.9 Å². The number of hydrogen-bond acceptors (Lipinski definition) is 2. The molecule has 0 aromatic heterocycles. The molecule has 1 aromatic carbocycles. The van der Waals surface area contributed by atoms with E-state index in [1.165, 1.54) is 5.56 Å². The van der Waals surface area contributed by atoms with Crippen LogP contribution in [0.2, 0.25) is 0 Å². The highest BCUT2D eigenvalue weighted by Crippen LogP contribution is 2.36. The van der Waals surface area contributed by atoms with Gasteiger partial charge in [-0.2, -0.15) is 0 Å². The molecule has 1 aliphatic carbocycles. The van der Waals surface area contributed by atoms with Crippen LogP contribution < -0.4 is 5.32 Å². The number of hydrogen-bond donors (Lipinski definition) is 2. The average molecular weight is 289 g/mol. The molecule has 114 valence electrons. The molecule has 0 saturated heterocycles. The zero-order valence-electron chi connectivity index (χ0n) is 12.8. The molecule has 1 saturated carbocycles. The third-order valence-electron chi connectivity index (χ3n) is 4.39. The van der Waals surface area contributed by atoms with Crippen LogP contribution in [-0.2, 0) is 9.59 Å². The molecule has 4 unspecified atom stereocenters. The SMILES string of the molecule is Cc1ccc(C(C)NC(=O)C2CC(C)CC2C(=O)O)cc1. The van der Waals surface area contributed by atoms with Crippen LogP contribution in [0.3, 0.4) is 0 Å². The van der Waals surface area contributed by atoms with Crippen molar-refractivity contribution in [3.8, 4) is 0 Å². The molecule has 0 bridgehead atoms. The smallest absolute Gasteiger partial charge is 0.307 e. The number of aliphatic carboxylic acids is 1. The number of benzene rings is 1. The van der Waals surface area contributed by atoms with Crippen LogP contribution in [0.25, 0.3) is 0 Å². The molecule has 1 fully saturated rings. The molecule has 1 aromatic rings. The summed E-state index contributed by atoms with van der Waals surface area (Å²) in [5, 5.41) is 12.2. The van der Waals surface area contributed by atoms with Gasteiger partial charge in [-0.1, -0.05) is 36.8 Å². The van der Waals surface area contributed by atoms with Gasteiger partial charge in [-0.05, 0) is 38.2 Å². The monoisotopic (exact) mass is 289 g/mol. The van der Waals surface area contributed by atoms with Gasteiger partial charge in [0.05, 0.1) is 17.9 Å². The number of rotatable bonds is 4. The number of carboxylic acids is 1. The Morgan fingerprint density at radius 3 is 2.33 bits per heavy atom. The zero-order chi connectivity index (χ0) is 15.6. The first-order valence-corrected chi connectivity index (χ1v) is 7.48. The lowest BCUT2D eigenvalue weighted by atomic mass is 9.94.